The average molecular weight is 223 g/mol. The molecule has 6 nitrogen and oxygen atoms in total. The predicted octanol–water partition coefficient (Wildman–Crippen LogP) is 0.337. The van der Waals surface area contributed by atoms with Crippen LogP contribution in [-0.4, -0.2) is 40.4 Å². The number of likely N-dealkylation sites (N-methyl/N-ethyl adjacent to an activating group) is 1. The van der Waals surface area contributed by atoms with Crippen LogP contribution < -0.4 is 11.1 Å². The Morgan fingerprint density at radius 2 is 2.38 bits per heavy atom. The minimum absolute atomic E-state index is 0.0136. The SMILES string of the molecule is CCN(C)C(=O)C(C)Nc1ccnc(N)n1. The molecule has 88 valence electrons. The molecule has 0 aliphatic rings. The van der Waals surface area contributed by atoms with Gasteiger partial charge in [0.15, 0.2) is 0 Å². The maximum absolute atomic E-state index is 11.8. The monoisotopic (exact) mass is 223 g/mol. The summed E-state index contributed by atoms with van der Waals surface area (Å²) in [6, 6.07) is 1.34. The van der Waals surface area contributed by atoms with E-state index in [2.05, 4.69) is 15.3 Å². The highest BCUT2D eigenvalue weighted by molar-refractivity contribution is 5.83. The van der Waals surface area contributed by atoms with Crippen molar-refractivity contribution < 1.29 is 4.79 Å². The molecule has 0 fully saturated rings. The van der Waals surface area contributed by atoms with E-state index < -0.39 is 0 Å². The molecule has 0 radical (unpaired) electrons. The first kappa shape index (κ1) is 12.2. The van der Waals surface area contributed by atoms with E-state index in [0.29, 0.717) is 12.4 Å². The van der Waals surface area contributed by atoms with Crippen molar-refractivity contribution in [1.82, 2.24) is 14.9 Å². The van der Waals surface area contributed by atoms with Crippen LogP contribution in [-0.2, 0) is 4.79 Å². The van der Waals surface area contributed by atoms with Crippen LogP contribution in [0.15, 0.2) is 12.3 Å². The number of nitrogens with two attached hydrogens (primary N) is 1. The number of carbonyl (C=O) groups excluding carboxylic acids is 1. The van der Waals surface area contributed by atoms with E-state index >= 15 is 0 Å². The van der Waals surface area contributed by atoms with E-state index in [1.165, 1.54) is 0 Å². The molecule has 0 saturated heterocycles. The van der Waals surface area contributed by atoms with Crippen molar-refractivity contribution in [3.63, 3.8) is 0 Å². The number of nitrogens with zero attached hydrogens (tertiary/aromatic N) is 3. The highest BCUT2D eigenvalue weighted by Crippen LogP contribution is 2.06. The predicted molar refractivity (Wildman–Crippen MR) is 62.8 cm³/mol. The number of hydrogen-bond donors (Lipinski definition) is 2. The average Bonchev–Trinajstić information content (AvgIpc) is 2.27. The van der Waals surface area contributed by atoms with Crippen LogP contribution >= 0.6 is 0 Å². The van der Waals surface area contributed by atoms with Crippen LogP contribution in [0.5, 0.6) is 0 Å². The smallest absolute Gasteiger partial charge is 0.244 e. The Morgan fingerprint density at radius 3 is 2.94 bits per heavy atom. The maximum Gasteiger partial charge on any atom is 0.244 e. The summed E-state index contributed by atoms with van der Waals surface area (Å²) in [7, 11) is 1.76. The summed E-state index contributed by atoms with van der Waals surface area (Å²) in [5, 5.41) is 2.98. The molecule has 0 bridgehead atoms. The number of rotatable bonds is 4. The van der Waals surface area contributed by atoms with Crippen LogP contribution in [0.4, 0.5) is 11.8 Å². The normalized spacial score (nSPS) is 11.9. The van der Waals surface area contributed by atoms with E-state index in [-0.39, 0.29) is 17.9 Å². The van der Waals surface area contributed by atoms with Crippen LogP contribution in [0.2, 0.25) is 0 Å². The van der Waals surface area contributed by atoms with Crippen molar-refractivity contribution in [1.29, 1.82) is 0 Å². The highest BCUT2D eigenvalue weighted by atomic mass is 16.2. The van der Waals surface area contributed by atoms with Gasteiger partial charge in [-0.05, 0) is 19.9 Å². The summed E-state index contributed by atoms with van der Waals surface area (Å²) in [5.41, 5.74) is 5.44. The Kier molecular flexibility index (Phi) is 4.04. The third kappa shape index (κ3) is 3.08. The van der Waals surface area contributed by atoms with Crippen molar-refractivity contribution in [3.8, 4) is 0 Å². The van der Waals surface area contributed by atoms with E-state index in [0.717, 1.165) is 0 Å². The first-order valence-electron chi connectivity index (χ1n) is 5.14. The molecule has 1 unspecified atom stereocenters. The van der Waals surface area contributed by atoms with Crippen molar-refractivity contribution >= 4 is 17.7 Å². The second-order valence-electron chi connectivity index (χ2n) is 3.52. The van der Waals surface area contributed by atoms with E-state index in [9.17, 15) is 4.79 Å². The van der Waals surface area contributed by atoms with Crippen molar-refractivity contribution in [3.05, 3.63) is 12.3 Å². The molecule has 1 aromatic rings. The summed E-state index contributed by atoms with van der Waals surface area (Å²) in [4.78, 5) is 21.1. The molecule has 0 aliphatic heterocycles. The second-order valence-corrected chi connectivity index (χ2v) is 3.52. The van der Waals surface area contributed by atoms with E-state index in [4.69, 9.17) is 5.73 Å². The van der Waals surface area contributed by atoms with Crippen LogP contribution in [0.3, 0.4) is 0 Å². The topological polar surface area (TPSA) is 84.1 Å². The van der Waals surface area contributed by atoms with Crippen LogP contribution in [0, 0.1) is 0 Å². The fourth-order valence-corrected chi connectivity index (χ4v) is 1.22. The van der Waals surface area contributed by atoms with Gasteiger partial charge in [0, 0.05) is 19.8 Å². The number of carbonyl (C=O) groups is 1. The fraction of sp³-hybridized carbons (Fsp3) is 0.500. The van der Waals surface area contributed by atoms with Gasteiger partial charge in [0.1, 0.15) is 11.9 Å². The summed E-state index contributed by atoms with van der Waals surface area (Å²) >= 11 is 0. The molecule has 1 heterocycles. The molecule has 1 rings (SSSR count). The van der Waals surface area contributed by atoms with Gasteiger partial charge in [0.05, 0.1) is 0 Å². The summed E-state index contributed by atoms with van der Waals surface area (Å²) in [6.45, 7) is 4.39. The van der Waals surface area contributed by atoms with E-state index in [1.807, 2.05) is 6.92 Å². The first-order chi connectivity index (χ1) is 7.54. The van der Waals surface area contributed by atoms with Gasteiger partial charge in [-0.25, -0.2) is 4.98 Å². The number of hydrogen-bond acceptors (Lipinski definition) is 5. The zero-order valence-corrected chi connectivity index (χ0v) is 9.77. The number of nitrogens with one attached hydrogen (secondary N) is 1. The van der Waals surface area contributed by atoms with E-state index in [1.54, 1.807) is 31.1 Å². The third-order valence-corrected chi connectivity index (χ3v) is 2.26. The van der Waals surface area contributed by atoms with Gasteiger partial charge in [0.25, 0.3) is 0 Å². The van der Waals surface area contributed by atoms with Crippen molar-refractivity contribution in [2.75, 3.05) is 24.6 Å². The second kappa shape index (κ2) is 5.29. The number of amides is 1. The Balaban J connectivity index is 2.64. The zero-order valence-electron chi connectivity index (χ0n) is 9.77. The molecule has 1 atom stereocenters. The summed E-state index contributed by atoms with van der Waals surface area (Å²) < 4.78 is 0. The molecule has 16 heavy (non-hydrogen) atoms. The fourth-order valence-electron chi connectivity index (χ4n) is 1.22. The molecule has 0 saturated carbocycles. The molecule has 1 amide bonds. The molecule has 0 aromatic carbocycles. The highest BCUT2D eigenvalue weighted by Gasteiger charge is 2.16. The Hall–Kier alpha value is -1.85. The molecule has 6 heteroatoms. The summed E-state index contributed by atoms with van der Waals surface area (Å²) in [5.74, 6) is 0.756. The lowest BCUT2D eigenvalue weighted by Gasteiger charge is -2.20. The molecule has 3 N–H and O–H groups in total. The van der Waals surface area contributed by atoms with Crippen LogP contribution in [0.1, 0.15) is 13.8 Å². The molecule has 0 spiro atoms. The lowest BCUT2D eigenvalue weighted by atomic mass is 10.3. The van der Waals surface area contributed by atoms with Gasteiger partial charge in [-0.15, -0.1) is 0 Å². The number of anilines is 2. The molecule has 0 aliphatic carbocycles. The van der Waals surface area contributed by atoms with Crippen molar-refractivity contribution in [2.45, 2.75) is 19.9 Å². The lowest BCUT2D eigenvalue weighted by molar-refractivity contribution is -0.130. The minimum Gasteiger partial charge on any atom is -0.368 e. The minimum atomic E-state index is -0.334. The van der Waals surface area contributed by atoms with Gasteiger partial charge in [-0.3, -0.25) is 4.79 Å². The standard InChI is InChI=1S/C10H17N5O/c1-4-15(3)9(16)7(2)13-8-5-6-12-10(11)14-8/h5-7H,4H2,1-3H3,(H3,11,12,13,14). The third-order valence-electron chi connectivity index (χ3n) is 2.26. The molecular weight excluding hydrogens is 206 g/mol. The number of nitrogen functional groups attached to an aromatic ring is 1. The number of aromatic nitrogens is 2. The van der Waals surface area contributed by atoms with Crippen LogP contribution in [0.25, 0.3) is 0 Å². The van der Waals surface area contributed by atoms with Gasteiger partial charge in [-0.1, -0.05) is 0 Å². The first-order valence-corrected chi connectivity index (χ1v) is 5.14. The largest absolute Gasteiger partial charge is 0.368 e. The Morgan fingerprint density at radius 1 is 1.69 bits per heavy atom. The lowest BCUT2D eigenvalue weighted by Crippen LogP contribution is -2.39. The Bertz CT molecular complexity index is 368. The quantitative estimate of drug-likeness (QED) is 0.768. The molecule has 1 aromatic heterocycles. The molecular formula is C10H17N5O. The maximum atomic E-state index is 11.8. The van der Waals surface area contributed by atoms with Gasteiger partial charge < -0.3 is 16.0 Å². The van der Waals surface area contributed by atoms with Crippen molar-refractivity contribution in [2.24, 2.45) is 0 Å². The van der Waals surface area contributed by atoms with Gasteiger partial charge >= 0.3 is 0 Å². The van der Waals surface area contributed by atoms with Gasteiger partial charge in [-0.2, -0.15) is 4.98 Å². The Labute approximate surface area is 94.9 Å². The van der Waals surface area contributed by atoms with Gasteiger partial charge in [0.2, 0.25) is 11.9 Å². The zero-order chi connectivity index (χ0) is 12.1. The summed E-state index contributed by atoms with van der Waals surface area (Å²) in [6.07, 6.45) is 1.55.